The highest BCUT2D eigenvalue weighted by Crippen LogP contribution is 2.30. The summed E-state index contributed by atoms with van der Waals surface area (Å²) in [7, 11) is 0. The smallest absolute Gasteiger partial charge is 0.382 e. The molecule has 0 atom stereocenters. The van der Waals surface area contributed by atoms with Gasteiger partial charge >= 0.3 is 6.18 Å². The highest BCUT2D eigenvalue weighted by Gasteiger charge is 2.31. The lowest BCUT2D eigenvalue weighted by Crippen LogP contribution is -2.08. The number of ketones is 1. The lowest BCUT2D eigenvalue weighted by molar-refractivity contribution is -0.137. The first-order valence-corrected chi connectivity index (χ1v) is 8.28. The van der Waals surface area contributed by atoms with Gasteiger partial charge in [0.25, 0.3) is 0 Å². The Hall–Kier alpha value is -3.31. The van der Waals surface area contributed by atoms with Gasteiger partial charge in [-0.3, -0.25) is 4.79 Å². The van der Waals surface area contributed by atoms with Crippen LogP contribution in [0.1, 0.15) is 32.7 Å². The Balaban J connectivity index is 2.06. The van der Waals surface area contributed by atoms with Crippen LogP contribution in [0.4, 0.5) is 19.0 Å². The largest absolute Gasteiger partial charge is 0.416 e. The van der Waals surface area contributed by atoms with Crippen molar-refractivity contribution in [2.45, 2.75) is 13.1 Å². The summed E-state index contributed by atoms with van der Waals surface area (Å²) in [4.78, 5) is 12.7. The van der Waals surface area contributed by atoms with Crippen molar-refractivity contribution in [2.75, 3.05) is 5.73 Å². The number of aryl methyl sites for hydroxylation is 1. The average molecular weight is 405 g/mol. The van der Waals surface area contributed by atoms with Crippen molar-refractivity contribution >= 4 is 23.2 Å². The second-order valence-electron chi connectivity index (χ2n) is 5.97. The third-order valence-corrected chi connectivity index (χ3v) is 4.53. The minimum atomic E-state index is -4.52. The Morgan fingerprint density at radius 3 is 2.39 bits per heavy atom. The maximum Gasteiger partial charge on any atom is 0.416 e. The number of alkyl halides is 3. The van der Waals surface area contributed by atoms with Crippen LogP contribution in [0.15, 0.2) is 42.5 Å². The fraction of sp³-hybridized carbons (Fsp3) is 0.105. The van der Waals surface area contributed by atoms with Crippen LogP contribution in [-0.4, -0.2) is 15.6 Å². The van der Waals surface area contributed by atoms with Gasteiger partial charge in [-0.2, -0.15) is 23.5 Å². The van der Waals surface area contributed by atoms with E-state index >= 15 is 0 Å². The van der Waals surface area contributed by atoms with E-state index < -0.39 is 17.5 Å². The molecule has 0 radical (unpaired) electrons. The standard InChI is InChI=1S/C19H12ClF3N4O/c1-10-8-13(6-7-15(10)20)27-18(25)14(9-24)16(26-27)17(28)11-2-4-12(5-3-11)19(21,22)23/h2-8H,25H2,1H3. The number of hydrogen-bond acceptors (Lipinski definition) is 4. The minimum Gasteiger partial charge on any atom is -0.382 e. The molecule has 0 bridgehead atoms. The Morgan fingerprint density at radius 2 is 1.86 bits per heavy atom. The molecule has 3 aromatic rings. The number of aromatic nitrogens is 2. The Labute approximate surface area is 162 Å². The monoisotopic (exact) mass is 404 g/mol. The van der Waals surface area contributed by atoms with Crippen LogP contribution in [0.5, 0.6) is 0 Å². The van der Waals surface area contributed by atoms with Crippen molar-refractivity contribution in [1.82, 2.24) is 9.78 Å². The first kappa shape index (κ1) is 19.5. The molecule has 0 aliphatic heterocycles. The number of nitrogens with zero attached hydrogens (tertiary/aromatic N) is 3. The van der Waals surface area contributed by atoms with Crippen LogP contribution in [0.3, 0.4) is 0 Å². The Kier molecular flexibility index (Phi) is 4.87. The van der Waals surface area contributed by atoms with E-state index in [2.05, 4.69) is 5.10 Å². The molecule has 0 aliphatic carbocycles. The molecule has 0 spiro atoms. The second-order valence-corrected chi connectivity index (χ2v) is 6.38. The van der Waals surface area contributed by atoms with Crippen molar-refractivity contribution in [2.24, 2.45) is 0 Å². The van der Waals surface area contributed by atoms with Gasteiger partial charge in [0.2, 0.25) is 5.78 Å². The van der Waals surface area contributed by atoms with Crippen molar-refractivity contribution in [3.05, 3.63) is 75.4 Å². The van der Waals surface area contributed by atoms with Crippen molar-refractivity contribution in [3.63, 3.8) is 0 Å². The molecule has 142 valence electrons. The maximum absolute atomic E-state index is 12.7. The number of rotatable bonds is 3. The van der Waals surface area contributed by atoms with E-state index in [1.54, 1.807) is 25.1 Å². The third-order valence-electron chi connectivity index (χ3n) is 4.11. The van der Waals surface area contributed by atoms with Gasteiger partial charge in [0, 0.05) is 10.6 Å². The van der Waals surface area contributed by atoms with Gasteiger partial charge in [0.15, 0.2) is 5.69 Å². The van der Waals surface area contributed by atoms with Gasteiger partial charge in [0.05, 0.1) is 11.3 Å². The zero-order valence-corrected chi connectivity index (χ0v) is 15.1. The number of hydrogen-bond donors (Lipinski definition) is 1. The molecule has 3 rings (SSSR count). The summed E-state index contributed by atoms with van der Waals surface area (Å²) in [6, 6.07) is 10.4. The van der Waals surface area contributed by atoms with Gasteiger partial charge in [0.1, 0.15) is 17.5 Å². The number of nitrogens with two attached hydrogens (primary N) is 1. The summed E-state index contributed by atoms with van der Waals surface area (Å²) in [6.45, 7) is 1.77. The van der Waals surface area contributed by atoms with Crippen molar-refractivity contribution in [3.8, 4) is 11.8 Å². The highest BCUT2D eigenvalue weighted by atomic mass is 35.5. The normalized spacial score (nSPS) is 11.3. The average Bonchev–Trinajstić information content (AvgIpc) is 2.99. The number of carbonyl (C=O) groups excluding carboxylic acids is 1. The molecule has 9 heteroatoms. The van der Waals surface area contributed by atoms with Gasteiger partial charge in [-0.1, -0.05) is 23.7 Å². The summed E-state index contributed by atoms with van der Waals surface area (Å²) in [5.41, 5.74) is 5.88. The SMILES string of the molecule is Cc1cc(-n2nc(C(=O)c3ccc(C(F)(F)F)cc3)c(C#N)c2N)ccc1Cl. The van der Waals surface area contributed by atoms with E-state index in [0.29, 0.717) is 10.7 Å². The number of nitrogen functional groups attached to an aromatic ring is 1. The molecule has 0 unspecified atom stereocenters. The number of halogens is 4. The van der Waals surface area contributed by atoms with E-state index in [4.69, 9.17) is 17.3 Å². The molecule has 5 nitrogen and oxygen atoms in total. The molecule has 0 aliphatic rings. The van der Waals surface area contributed by atoms with Crippen molar-refractivity contribution in [1.29, 1.82) is 5.26 Å². The molecule has 0 fully saturated rings. The summed E-state index contributed by atoms with van der Waals surface area (Å²) in [5, 5.41) is 14.0. The zero-order valence-electron chi connectivity index (χ0n) is 14.4. The van der Waals surface area contributed by atoms with E-state index in [0.717, 1.165) is 29.8 Å². The lowest BCUT2D eigenvalue weighted by Gasteiger charge is -2.07. The maximum atomic E-state index is 12.7. The van der Waals surface area contributed by atoms with E-state index in [9.17, 15) is 23.2 Å². The van der Waals surface area contributed by atoms with Crippen LogP contribution < -0.4 is 5.73 Å². The molecular formula is C19H12ClF3N4O. The number of benzene rings is 2. The highest BCUT2D eigenvalue weighted by molar-refractivity contribution is 6.31. The van der Waals surface area contributed by atoms with Crippen LogP contribution in [0, 0.1) is 18.3 Å². The number of anilines is 1. The van der Waals surface area contributed by atoms with Crippen LogP contribution in [0.2, 0.25) is 5.02 Å². The fourth-order valence-corrected chi connectivity index (χ4v) is 2.72. The Bertz CT molecular complexity index is 1110. The third kappa shape index (κ3) is 3.44. The first-order valence-electron chi connectivity index (χ1n) is 7.90. The van der Waals surface area contributed by atoms with Gasteiger partial charge in [-0.05, 0) is 42.8 Å². The van der Waals surface area contributed by atoms with Gasteiger partial charge in [-0.25, -0.2) is 4.68 Å². The molecule has 1 aromatic heterocycles. The summed E-state index contributed by atoms with van der Waals surface area (Å²) in [6.07, 6.45) is -4.52. The topological polar surface area (TPSA) is 84.7 Å². The quantitative estimate of drug-likeness (QED) is 0.649. The predicted octanol–water partition coefficient (Wildman–Crippen LogP) is 4.54. The molecule has 0 amide bonds. The number of nitriles is 1. The zero-order chi connectivity index (χ0) is 20.6. The van der Waals surface area contributed by atoms with Crippen LogP contribution in [-0.2, 0) is 6.18 Å². The fourth-order valence-electron chi connectivity index (χ4n) is 2.60. The summed E-state index contributed by atoms with van der Waals surface area (Å²) in [5.74, 6) is -0.763. The molecule has 0 saturated carbocycles. The summed E-state index contributed by atoms with van der Waals surface area (Å²) >= 11 is 6.00. The summed E-state index contributed by atoms with van der Waals surface area (Å²) < 4.78 is 39.3. The lowest BCUT2D eigenvalue weighted by atomic mass is 10.0. The molecular weight excluding hydrogens is 393 g/mol. The van der Waals surface area contributed by atoms with E-state index in [1.807, 2.05) is 6.07 Å². The molecule has 1 heterocycles. The van der Waals surface area contributed by atoms with Crippen molar-refractivity contribution < 1.29 is 18.0 Å². The first-order chi connectivity index (χ1) is 13.1. The van der Waals surface area contributed by atoms with E-state index in [1.165, 1.54) is 4.68 Å². The van der Waals surface area contributed by atoms with Crippen LogP contribution >= 0.6 is 11.6 Å². The van der Waals surface area contributed by atoms with E-state index in [-0.39, 0.29) is 22.6 Å². The second kappa shape index (κ2) is 7.02. The minimum absolute atomic E-state index is 0.0403. The van der Waals surface area contributed by atoms with Crippen LogP contribution in [0.25, 0.3) is 5.69 Å². The Morgan fingerprint density at radius 1 is 1.21 bits per heavy atom. The molecule has 2 aromatic carbocycles. The van der Waals surface area contributed by atoms with Gasteiger partial charge in [-0.15, -0.1) is 0 Å². The molecule has 0 saturated heterocycles. The van der Waals surface area contributed by atoms with Gasteiger partial charge < -0.3 is 5.73 Å². The molecule has 28 heavy (non-hydrogen) atoms. The molecule has 2 N–H and O–H groups in total. The predicted molar refractivity (Wildman–Crippen MR) is 97.3 cm³/mol. The number of carbonyl (C=O) groups is 1.